The van der Waals surface area contributed by atoms with Gasteiger partial charge in [0.15, 0.2) is 14.8 Å². The Balaban J connectivity index is 1.53. The van der Waals surface area contributed by atoms with Crippen LogP contribution in [0, 0.1) is 3.95 Å². The third kappa shape index (κ3) is 4.81. The fraction of sp³-hybridized carbons (Fsp3) is 0.0526. The number of nitrogens with two attached hydrogens (primary N) is 1. The van der Waals surface area contributed by atoms with E-state index in [1.807, 2.05) is 30.3 Å². The number of hydrogen-bond donors (Lipinski definition) is 3. The Hall–Kier alpha value is -2.84. The van der Waals surface area contributed by atoms with Gasteiger partial charge in [-0.15, -0.1) is 0 Å². The number of nitrogens with one attached hydrogen (secondary N) is 2. The standard InChI is InChI=1S/C19H15N5O4S4/c20-32(27,28)13-8-6-11(7-9-13)21-14(25)10-30-18-22-16-15(17(26)23-18)31-19(29)24(16)12-4-2-1-3-5-12/h1-9H,10H2,(H,21,25)(H2,20,27,28)(H,22,23,26). The summed E-state index contributed by atoms with van der Waals surface area (Å²) in [5.41, 5.74) is 1.30. The Morgan fingerprint density at radius 3 is 2.53 bits per heavy atom. The smallest absolute Gasteiger partial charge is 0.271 e. The highest BCUT2D eigenvalue weighted by Gasteiger charge is 2.15. The van der Waals surface area contributed by atoms with E-state index in [2.05, 4.69) is 15.3 Å². The van der Waals surface area contributed by atoms with E-state index in [0.29, 0.717) is 20.0 Å². The Labute approximate surface area is 195 Å². The first kappa shape index (κ1) is 22.4. The summed E-state index contributed by atoms with van der Waals surface area (Å²) in [4.78, 5) is 31.9. The third-order valence-corrected chi connectivity index (χ3v) is 7.41. The fourth-order valence-corrected chi connectivity index (χ4v) is 5.27. The number of thiazole rings is 1. The van der Waals surface area contributed by atoms with Gasteiger partial charge in [-0.2, -0.15) is 0 Å². The predicted molar refractivity (Wildman–Crippen MR) is 128 cm³/mol. The maximum atomic E-state index is 12.5. The van der Waals surface area contributed by atoms with Crippen LogP contribution in [0.15, 0.2) is 69.4 Å². The summed E-state index contributed by atoms with van der Waals surface area (Å²) < 4.78 is 25.2. The Morgan fingerprint density at radius 2 is 1.88 bits per heavy atom. The number of rotatable bonds is 6. The molecule has 164 valence electrons. The number of hydrogen-bond acceptors (Lipinski definition) is 8. The number of amides is 1. The van der Waals surface area contributed by atoms with Gasteiger partial charge in [0, 0.05) is 11.4 Å². The molecule has 2 heterocycles. The number of nitrogens with zero attached hydrogens (tertiary/aromatic N) is 2. The first-order valence-electron chi connectivity index (χ1n) is 8.99. The van der Waals surface area contributed by atoms with Gasteiger partial charge in [-0.1, -0.05) is 41.3 Å². The Kier molecular flexibility index (Phi) is 6.26. The van der Waals surface area contributed by atoms with E-state index in [-0.39, 0.29) is 27.3 Å². The highest BCUT2D eigenvalue weighted by Crippen LogP contribution is 2.24. The molecule has 0 unspecified atom stereocenters. The number of primary sulfonamides is 1. The zero-order valence-corrected chi connectivity index (χ0v) is 19.4. The van der Waals surface area contributed by atoms with Crippen LogP contribution < -0.4 is 16.0 Å². The summed E-state index contributed by atoms with van der Waals surface area (Å²) in [6.07, 6.45) is 0. The number of thioether (sulfide) groups is 1. The van der Waals surface area contributed by atoms with Crippen molar-refractivity contribution in [3.05, 3.63) is 68.9 Å². The molecule has 0 aliphatic heterocycles. The molecule has 0 bridgehead atoms. The molecule has 2 aromatic carbocycles. The molecule has 0 fully saturated rings. The monoisotopic (exact) mass is 505 g/mol. The van der Waals surface area contributed by atoms with Crippen molar-refractivity contribution in [2.24, 2.45) is 5.14 Å². The van der Waals surface area contributed by atoms with Crippen molar-refractivity contribution in [2.75, 3.05) is 11.1 Å². The lowest BCUT2D eigenvalue weighted by atomic mass is 10.3. The Bertz CT molecular complexity index is 1520. The van der Waals surface area contributed by atoms with Gasteiger partial charge in [-0.3, -0.25) is 14.2 Å². The molecule has 0 saturated carbocycles. The van der Waals surface area contributed by atoms with Gasteiger partial charge in [-0.25, -0.2) is 18.5 Å². The van der Waals surface area contributed by atoms with Gasteiger partial charge in [0.25, 0.3) is 5.56 Å². The molecule has 0 radical (unpaired) electrons. The molecule has 32 heavy (non-hydrogen) atoms. The average molecular weight is 506 g/mol. The maximum absolute atomic E-state index is 12.5. The number of sulfonamides is 1. The molecule has 4 aromatic rings. The van der Waals surface area contributed by atoms with E-state index in [0.717, 1.165) is 17.4 Å². The lowest BCUT2D eigenvalue weighted by Gasteiger charge is -2.07. The molecular weight excluding hydrogens is 491 g/mol. The number of para-hydroxylation sites is 1. The minimum absolute atomic E-state index is 0.0262. The van der Waals surface area contributed by atoms with Crippen LogP contribution in [0.3, 0.4) is 0 Å². The van der Waals surface area contributed by atoms with E-state index < -0.39 is 10.0 Å². The largest absolute Gasteiger partial charge is 0.325 e. The van der Waals surface area contributed by atoms with Gasteiger partial charge < -0.3 is 10.3 Å². The first-order valence-corrected chi connectivity index (χ1v) is 12.7. The number of fused-ring (bicyclic) bond motifs is 1. The maximum Gasteiger partial charge on any atom is 0.271 e. The van der Waals surface area contributed by atoms with Crippen LogP contribution >= 0.6 is 35.3 Å². The second-order valence-corrected chi connectivity index (χ2v) is 10.6. The molecule has 0 atom stereocenters. The Morgan fingerprint density at radius 1 is 1.19 bits per heavy atom. The van der Waals surface area contributed by atoms with Crippen LogP contribution in [-0.2, 0) is 14.8 Å². The molecule has 0 saturated heterocycles. The molecule has 13 heteroatoms. The second-order valence-electron chi connectivity index (χ2n) is 6.47. The average Bonchev–Trinajstić information content (AvgIpc) is 3.09. The number of anilines is 1. The van der Waals surface area contributed by atoms with E-state index in [4.69, 9.17) is 17.4 Å². The molecular formula is C19H15N5O4S4. The van der Waals surface area contributed by atoms with Crippen LogP contribution in [0.4, 0.5) is 5.69 Å². The molecule has 4 N–H and O–H groups in total. The van der Waals surface area contributed by atoms with Crippen molar-refractivity contribution in [3.8, 4) is 5.69 Å². The number of aromatic amines is 1. The molecule has 4 rings (SSSR count). The molecule has 0 aliphatic carbocycles. The van der Waals surface area contributed by atoms with Crippen molar-refractivity contribution in [1.82, 2.24) is 14.5 Å². The van der Waals surface area contributed by atoms with Gasteiger partial charge in [0.05, 0.1) is 10.6 Å². The normalized spacial score (nSPS) is 11.5. The van der Waals surface area contributed by atoms with Crippen LogP contribution in [0.1, 0.15) is 0 Å². The lowest BCUT2D eigenvalue weighted by molar-refractivity contribution is -0.113. The summed E-state index contributed by atoms with van der Waals surface area (Å²) in [5, 5.41) is 7.99. The van der Waals surface area contributed by atoms with E-state index in [9.17, 15) is 18.0 Å². The number of benzene rings is 2. The SMILES string of the molecule is NS(=O)(=O)c1ccc(NC(=O)CSc2nc3c(sc(=S)n3-c3ccccc3)c(=O)[nH]2)cc1. The summed E-state index contributed by atoms with van der Waals surface area (Å²) in [7, 11) is -3.81. The van der Waals surface area contributed by atoms with Crippen molar-refractivity contribution in [3.63, 3.8) is 0 Å². The minimum Gasteiger partial charge on any atom is -0.325 e. The number of H-pyrrole nitrogens is 1. The van der Waals surface area contributed by atoms with Gasteiger partial charge in [-0.05, 0) is 48.6 Å². The number of aromatic nitrogens is 3. The van der Waals surface area contributed by atoms with E-state index in [1.54, 1.807) is 4.57 Å². The summed E-state index contributed by atoms with van der Waals surface area (Å²) in [6, 6.07) is 14.8. The van der Waals surface area contributed by atoms with Crippen LogP contribution in [0.25, 0.3) is 16.0 Å². The molecule has 0 spiro atoms. The lowest BCUT2D eigenvalue weighted by Crippen LogP contribution is -2.16. The van der Waals surface area contributed by atoms with Crippen LogP contribution in [0.5, 0.6) is 0 Å². The first-order chi connectivity index (χ1) is 15.2. The van der Waals surface area contributed by atoms with Crippen molar-refractivity contribution < 1.29 is 13.2 Å². The molecule has 9 nitrogen and oxygen atoms in total. The zero-order valence-electron chi connectivity index (χ0n) is 16.1. The quantitative estimate of drug-likeness (QED) is 0.208. The highest BCUT2D eigenvalue weighted by molar-refractivity contribution is 7.99. The van der Waals surface area contributed by atoms with Crippen molar-refractivity contribution in [1.29, 1.82) is 0 Å². The topological polar surface area (TPSA) is 140 Å². The second kappa shape index (κ2) is 8.96. The van der Waals surface area contributed by atoms with E-state index >= 15 is 0 Å². The van der Waals surface area contributed by atoms with Crippen molar-refractivity contribution in [2.45, 2.75) is 10.1 Å². The minimum atomic E-state index is -3.81. The summed E-state index contributed by atoms with van der Waals surface area (Å²) in [6.45, 7) is 0. The van der Waals surface area contributed by atoms with Crippen LogP contribution in [0.2, 0.25) is 0 Å². The highest BCUT2D eigenvalue weighted by atomic mass is 32.2. The van der Waals surface area contributed by atoms with E-state index in [1.165, 1.54) is 35.6 Å². The van der Waals surface area contributed by atoms with Gasteiger partial charge in [0.2, 0.25) is 15.9 Å². The zero-order chi connectivity index (χ0) is 22.9. The molecule has 2 aromatic heterocycles. The van der Waals surface area contributed by atoms with Crippen molar-refractivity contribution >= 4 is 67.3 Å². The fourth-order valence-electron chi connectivity index (χ4n) is 2.83. The molecule has 0 aliphatic rings. The summed E-state index contributed by atoms with van der Waals surface area (Å²) in [5.74, 6) is -0.381. The third-order valence-electron chi connectivity index (χ3n) is 4.24. The van der Waals surface area contributed by atoms with Gasteiger partial charge in [0.1, 0.15) is 4.70 Å². The predicted octanol–water partition coefficient (Wildman–Crippen LogP) is 2.88. The molecule has 1 amide bonds. The number of carbonyl (C=O) groups is 1. The van der Waals surface area contributed by atoms with Crippen LogP contribution in [-0.4, -0.2) is 34.6 Å². The van der Waals surface area contributed by atoms with Gasteiger partial charge >= 0.3 is 0 Å². The summed E-state index contributed by atoms with van der Waals surface area (Å²) >= 11 is 7.65. The number of carbonyl (C=O) groups excluding carboxylic acids is 1.